The Bertz CT molecular complexity index is 2320. The summed E-state index contributed by atoms with van der Waals surface area (Å²) < 4.78 is 3.84. The van der Waals surface area contributed by atoms with Crippen LogP contribution in [0, 0.1) is 13.8 Å². The molecule has 0 aliphatic heterocycles. The van der Waals surface area contributed by atoms with Crippen molar-refractivity contribution in [1.29, 1.82) is 0 Å². The van der Waals surface area contributed by atoms with Gasteiger partial charge in [0.2, 0.25) is 0 Å². The van der Waals surface area contributed by atoms with E-state index in [0.717, 1.165) is 19.3 Å². The second-order valence-electron chi connectivity index (χ2n) is 18.3. The second kappa shape index (κ2) is 15.5. The van der Waals surface area contributed by atoms with Crippen LogP contribution >= 0.6 is 0 Å². The van der Waals surface area contributed by atoms with Gasteiger partial charge in [0.05, 0.1) is 0 Å². The molecule has 0 saturated heterocycles. The molecule has 0 saturated carbocycles. The number of benzene rings is 6. The Kier molecular flexibility index (Phi) is 10.6. The summed E-state index contributed by atoms with van der Waals surface area (Å²) in [4.78, 5) is 0. The van der Waals surface area contributed by atoms with E-state index in [1.807, 2.05) is 0 Å². The topological polar surface area (TPSA) is 0 Å². The Labute approximate surface area is 344 Å². The van der Waals surface area contributed by atoms with Crippen molar-refractivity contribution >= 4 is 3.21 Å². The van der Waals surface area contributed by atoms with Crippen molar-refractivity contribution in [2.24, 2.45) is 0 Å². The molecule has 0 atom stereocenters. The fraction of sp³-hybridized carbons (Fsp3) is 0.255. The number of allylic oxidation sites excluding steroid dienone is 4. The van der Waals surface area contributed by atoms with Crippen molar-refractivity contribution in [1.82, 2.24) is 0 Å². The quantitative estimate of drug-likeness (QED) is 0.144. The van der Waals surface area contributed by atoms with E-state index in [1.54, 1.807) is 17.6 Å². The molecule has 2 aliphatic carbocycles. The predicted molar refractivity (Wildman–Crippen MR) is 239 cm³/mol. The van der Waals surface area contributed by atoms with Gasteiger partial charge in [0.25, 0.3) is 0 Å². The third-order valence-electron chi connectivity index (χ3n) is 11.9. The first kappa shape index (κ1) is 38.4. The molecule has 0 spiro atoms. The molecule has 0 N–H and O–H groups in total. The van der Waals surface area contributed by atoms with Gasteiger partial charge in [-0.15, -0.1) is 0 Å². The van der Waals surface area contributed by atoms with Crippen molar-refractivity contribution in [2.75, 3.05) is 0 Å². The van der Waals surface area contributed by atoms with Crippen molar-refractivity contribution in [3.05, 3.63) is 199 Å². The molecule has 0 radical (unpaired) electrons. The first-order valence-corrected chi connectivity index (χ1v) is 24.4. The van der Waals surface area contributed by atoms with Crippen molar-refractivity contribution in [2.45, 2.75) is 89.1 Å². The Morgan fingerprint density at radius 2 is 0.964 bits per heavy atom. The molecule has 2 aliphatic rings. The fourth-order valence-corrected chi connectivity index (χ4v) is 18.2. The summed E-state index contributed by atoms with van der Waals surface area (Å²) in [5.74, 6) is 0. The minimum absolute atomic E-state index is 0.0282. The van der Waals surface area contributed by atoms with Crippen molar-refractivity contribution in [3.8, 4) is 33.4 Å². The van der Waals surface area contributed by atoms with Gasteiger partial charge in [0.15, 0.2) is 0 Å². The zero-order valence-corrected chi connectivity index (χ0v) is 37.1. The van der Waals surface area contributed by atoms with Crippen LogP contribution in [0.2, 0.25) is 0 Å². The Morgan fingerprint density at radius 3 is 1.34 bits per heavy atom. The molecule has 56 heavy (non-hydrogen) atoms. The molecule has 1 heteroatoms. The first-order chi connectivity index (χ1) is 26.8. The van der Waals surface area contributed by atoms with Crippen LogP contribution in [0.5, 0.6) is 0 Å². The molecule has 0 fully saturated rings. The van der Waals surface area contributed by atoms with E-state index in [-0.39, 0.29) is 10.8 Å². The number of fused-ring (bicyclic) bond motifs is 3. The van der Waals surface area contributed by atoms with E-state index in [2.05, 4.69) is 207 Å². The van der Waals surface area contributed by atoms with Crippen molar-refractivity contribution < 1.29 is 21.3 Å². The molecule has 0 aromatic heterocycles. The van der Waals surface area contributed by atoms with E-state index in [1.165, 1.54) is 66.8 Å². The minimum atomic E-state index is -2.80. The molecular weight excluding hydrogens is 752 g/mol. The van der Waals surface area contributed by atoms with E-state index < -0.39 is 21.3 Å². The average molecular weight is 808 g/mol. The molecule has 0 amide bonds. The van der Waals surface area contributed by atoms with E-state index >= 15 is 0 Å². The molecule has 0 bridgehead atoms. The maximum atomic E-state index is 2.67. The molecule has 0 unspecified atom stereocenters. The second-order valence-corrected chi connectivity index (χ2v) is 25.1. The van der Waals surface area contributed by atoms with Crippen LogP contribution in [-0.4, -0.2) is 3.21 Å². The van der Waals surface area contributed by atoms with Crippen LogP contribution in [-0.2, 0) is 44.9 Å². The number of hydrogen-bond acceptors (Lipinski definition) is 0. The zero-order valence-electron chi connectivity index (χ0n) is 34.6. The average Bonchev–Trinajstić information content (AvgIpc) is 3.81. The Morgan fingerprint density at radius 1 is 0.536 bits per heavy atom. The Hall–Kier alpha value is -4.45. The molecule has 6 aromatic carbocycles. The van der Waals surface area contributed by atoms with Crippen LogP contribution in [0.25, 0.3) is 33.4 Å². The third-order valence-corrected chi connectivity index (χ3v) is 20.2. The molecule has 0 nitrogen and oxygen atoms in total. The summed E-state index contributed by atoms with van der Waals surface area (Å²) in [5.41, 5.74) is 19.7. The summed E-state index contributed by atoms with van der Waals surface area (Å²) in [6.07, 6.45) is 10.4. The molecule has 8 rings (SSSR count). The summed E-state index contributed by atoms with van der Waals surface area (Å²) in [7, 11) is 0. The Balaban J connectivity index is 1.49. The number of hydrogen-bond donors (Lipinski definition) is 0. The number of aryl methyl sites for hydroxylation is 2. The van der Waals surface area contributed by atoms with Gasteiger partial charge in [0.1, 0.15) is 0 Å². The summed E-state index contributed by atoms with van der Waals surface area (Å²) >= 11 is -2.80. The first-order valence-electron chi connectivity index (χ1n) is 20.5. The molecule has 0 heterocycles. The van der Waals surface area contributed by atoms with Crippen molar-refractivity contribution in [3.63, 3.8) is 0 Å². The SMILES string of the molecule is Cc1ccc(-c2cc3c(cc2C(C)(C)C)-c2cc(C(C)(C)C)c(-c4ccc(C)cc4)cc2[CH]3[Zr]([C]2=CC=CC2)=[C](Cc2ccccc2)Cc2ccccc2)cc1. The van der Waals surface area contributed by atoms with Gasteiger partial charge in [-0.3, -0.25) is 0 Å². The van der Waals surface area contributed by atoms with Crippen LogP contribution in [0.3, 0.4) is 0 Å². The fourth-order valence-electron chi connectivity index (χ4n) is 9.04. The molecule has 280 valence electrons. The normalized spacial score (nSPS) is 13.8. The van der Waals surface area contributed by atoms with Crippen LogP contribution in [0.15, 0.2) is 155 Å². The van der Waals surface area contributed by atoms with Gasteiger partial charge < -0.3 is 0 Å². The van der Waals surface area contributed by atoms with Gasteiger partial charge in [-0.05, 0) is 0 Å². The summed E-state index contributed by atoms with van der Waals surface area (Å²) in [6.45, 7) is 18.7. The van der Waals surface area contributed by atoms with E-state index in [9.17, 15) is 0 Å². The van der Waals surface area contributed by atoms with Crippen LogP contribution in [0.1, 0.15) is 96.1 Å². The van der Waals surface area contributed by atoms with E-state index in [4.69, 9.17) is 0 Å². The van der Waals surface area contributed by atoms with Crippen LogP contribution < -0.4 is 0 Å². The predicted octanol–water partition coefficient (Wildman–Crippen LogP) is 14.4. The standard InChI is InChI=1S/C35H37.C15H14.C5H5.Zr/c1-22-9-13-24(14-10-22)30-18-26-17-27-19-31(25-15-11-23(2)12-16-25)33(35(6,7)8)21-29(27)28(26)20-32(30)34(3,4)5;1-3-8-14(9-4-1)12-7-13-15-10-5-2-6-11-15;1-2-4-5-3-1;/h9-21H,1-8H3;1-6,8-11H,12-13H2;1-3H,4H2;. The van der Waals surface area contributed by atoms with Crippen LogP contribution in [0.4, 0.5) is 0 Å². The van der Waals surface area contributed by atoms with Gasteiger partial charge >= 0.3 is 346 Å². The molecular formula is C55H56Zr. The molecule has 6 aromatic rings. The third kappa shape index (κ3) is 7.78. The number of rotatable bonds is 8. The van der Waals surface area contributed by atoms with Gasteiger partial charge in [-0.2, -0.15) is 0 Å². The van der Waals surface area contributed by atoms with Gasteiger partial charge in [-0.25, -0.2) is 0 Å². The summed E-state index contributed by atoms with van der Waals surface area (Å²) in [5, 5.41) is 0. The zero-order chi connectivity index (χ0) is 39.2. The monoisotopic (exact) mass is 806 g/mol. The van der Waals surface area contributed by atoms with Gasteiger partial charge in [-0.1, -0.05) is 0 Å². The van der Waals surface area contributed by atoms with E-state index in [0.29, 0.717) is 3.63 Å². The maximum absolute atomic E-state index is 2.80. The summed E-state index contributed by atoms with van der Waals surface area (Å²) in [6, 6.07) is 51.7. The van der Waals surface area contributed by atoms with Gasteiger partial charge in [0, 0.05) is 0 Å².